The predicted octanol–water partition coefficient (Wildman–Crippen LogP) is 5.84. The lowest BCUT2D eigenvalue weighted by molar-refractivity contribution is -0.121. The van der Waals surface area contributed by atoms with Gasteiger partial charge in [0.25, 0.3) is 0 Å². The van der Waals surface area contributed by atoms with Crippen molar-refractivity contribution in [3.8, 4) is 11.5 Å². The molecular weight excluding hydrogens is 388 g/mol. The Hall–Kier alpha value is -3.14. The molecule has 2 aromatic rings. The Morgan fingerprint density at radius 2 is 1.00 bits per heavy atom. The second-order valence-corrected chi connectivity index (χ2v) is 8.48. The molecule has 0 saturated heterocycles. The first-order valence-electron chi connectivity index (χ1n) is 10.4. The first-order valence-corrected chi connectivity index (χ1v) is 10.4. The topological polar surface area (TPSA) is 52.6 Å². The summed E-state index contributed by atoms with van der Waals surface area (Å²) >= 11 is 0. The van der Waals surface area contributed by atoms with Gasteiger partial charge in [0.2, 0.25) is 0 Å². The van der Waals surface area contributed by atoms with Gasteiger partial charge in [-0.15, -0.1) is 0 Å². The van der Waals surface area contributed by atoms with Gasteiger partial charge in [0.05, 0.1) is 0 Å². The van der Waals surface area contributed by atoms with Crippen LogP contribution in [0.2, 0.25) is 0 Å². The molecule has 2 unspecified atom stereocenters. The molecule has 2 rings (SSSR count). The van der Waals surface area contributed by atoms with Crippen LogP contribution in [0.3, 0.4) is 0 Å². The molecule has 0 aromatic heterocycles. The predicted molar refractivity (Wildman–Crippen MR) is 125 cm³/mol. The third kappa shape index (κ3) is 5.94. The van der Waals surface area contributed by atoms with Crippen molar-refractivity contribution in [2.75, 3.05) is 0 Å². The van der Waals surface area contributed by atoms with Crippen molar-refractivity contribution in [1.29, 1.82) is 0 Å². The summed E-state index contributed by atoms with van der Waals surface area (Å²) in [5, 5.41) is 0. The average molecular weight is 421 g/mol. The van der Waals surface area contributed by atoms with Crippen molar-refractivity contribution in [1.82, 2.24) is 0 Å². The van der Waals surface area contributed by atoms with E-state index in [-0.39, 0.29) is 17.0 Å². The van der Waals surface area contributed by atoms with E-state index in [0.717, 1.165) is 11.1 Å². The van der Waals surface area contributed by atoms with Gasteiger partial charge in [-0.25, -0.2) is 0 Å². The molecule has 0 aliphatic rings. The number of benzene rings is 2. The fourth-order valence-electron chi connectivity index (χ4n) is 3.28. The molecule has 4 heteroatoms. The van der Waals surface area contributed by atoms with Gasteiger partial charge in [0.1, 0.15) is 11.5 Å². The van der Waals surface area contributed by atoms with Crippen molar-refractivity contribution in [3.05, 3.63) is 84.0 Å². The summed E-state index contributed by atoms with van der Waals surface area (Å²) in [6.07, 6.45) is -1.13. The molecule has 0 fully saturated rings. The molecular formula is C27H32O4. The SMILES string of the molecule is C=C(C)C(=O)C(C)Oc1ccc(C(C)(C)c2ccc(OC(C)C(=O)C(=C)C)cc2)cc1. The number of carbonyl (C=O) groups is 2. The van der Waals surface area contributed by atoms with E-state index in [0.29, 0.717) is 22.6 Å². The normalized spacial score (nSPS) is 13.1. The van der Waals surface area contributed by atoms with Crippen molar-refractivity contribution in [3.63, 3.8) is 0 Å². The third-order valence-corrected chi connectivity index (χ3v) is 5.36. The van der Waals surface area contributed by atoms with Crippen LogP contribution in [-0.4, -0.2) is 23.8 Å². The van der Waals surface area contributed by atoms with E-state index in [4.69, 9.17) is 9.47 Å². The lowest BCUT2D eigenvalue weighted by atomic mass is 9.78. The molecule has 0 radical (unpaired) electrons. The Bertz CT molecular complexity index is 886. The lowest BCUT2D eigenvalue weighted by Crippen LogP contribution is -2.24. The summed E-state index contributed by atoms with van der Waals surface area (Å²) in [5.74, 6) is 1.07. The average Bonchev–Trinajstić information content (AvgIpc) is 2.73. The molecule has 0 aliphatic heterocycles. The minimum Gasteiger partial charge on any atom is -0.483 e. The standard InChI is InChI=1S/C27H32O4/c1-17(2)25(28)19(5)30-23-13-9-21(10-14-23)27(7,8)22-11-15-24(16-12-22)31-20(6)26(29)18(3)4/h9-16,19-20H,1,3H2,2,4-8H3. The Kier molecular flexibility index (Phi) is 7.61. The molecule has 0 spiro atoms. The van der Waals surface area contributed by atoms with Crippen LogP contribution in [0.15, 0.2) is 72.8 Å². The van der Waals surface area contributed by atoms with Crippen LogP contribution >= 0.6 is 0 Å². The van der Waals surface area contributed by atoms with E-state index in [1.807, 2.05) is 48.5 Å². The highest BCUT2D eigenvalue weighted by atomic mass is 16.5. The van der Waals surface area contributed by atoms with Crippen LogP contribution in [-0.2, 0) is 15.0 Å². The summed E-state index contributed by atoms with van der Waals surface area (Å²) in [5.41, 5.74) is 2.93. The fraction of sp³-hybridized carbons (Fsp3) is 0.333. The highest BCUT2D eigenvalue weighted by Crippen LogP contribution is 2.33. The van der Waals surface area contributed by atoms with Crippen molar-refractivity contribution in [2.45, 2.75) is 59.2 Å². The number of Topliss-reactive ketones (excluding diaryl/α,β-unsaturated/α-hetero) is 2. The van der Waals surface area contributed by atoms with E-state index in [1.54, 1.807) is 27.7 Å². The van der Waals surface area contributed by atoms with Crippen LogP contribution in [0.1, 0.15) is 52.7 Å². The molecule has 2 atom stereocenters. The first kappa shape index (κ1) is 24.1. The van der Waals surface area contributed by atoms with E-state index < -0.39 is 12.2 Å². The Morgan fingerprint density at radius 3 is 1.26 bits per heavy atom. The lowest BCUT2D eigenvalue weighted by Gasteiger charge is -2.27. The Labute approximate surface area is 185 Å². The van der Waals surface area contributed by atoms with E-state index in [2.05, 4.69) is 27.0 Å². The number of carbonyl (C=O) groups excluding carboxylic acids is 2. The second-order valence-electron chi connectivity index (χ2n) is 8.48. The van der Waals surface area contributed by atoms with Gasteiger partial charge >= 0.3 is 0 Å². The summed E-state index contributed by atoms with van der Waals surface area (Å²) in [4.78, 5) is 23.9. The van der Waals surface area contributed by atoms with Crippen molar-refractivity contribution >= 4 is 11.6 Å². The van der Waals surface area contributed by atoms with Crippen LogP contribution in [0.25, 0.3) is 0 Å². The van der Waals surface area contributed by atoms with Crippen LogP contribution in [0.4, 0.5) is 0 Å². The maximum atomic E-state index is 12.0. The first-order chi connectivity index (χ1) is 14.4. The number of hydrogen-bond acceptors (Lipinski definition) is 4. The zero-order chi connectivity index (χ0) is 23.3. The minimum atomic E-state index is -0.567. The largest absolute Gasteiger partial charge is 0.483 e. The van der Waals surface area contributed by atoms with Gasteiger partial charge in [-0.2, -0.15) is 0 Å². The molecule has 0 amide bonds. The van der Waals surface area contributed by atoms with Crippen LogP contribution in [0.5, 0.6) is 11.5 Å². The highest BCUT2D eigenvalue weighted by molar-refractivity contribution is 5.98. The molecule has 2 aromatic carbocycles. The molecule has 0 saturated carbocycles. The van der Waals surface area contributed by atoms with Gasteiger partial charge in [-0.3, -0.25) is 9.59 Å². The van der Waals surface area contributed by atoms with Crippen LogP contribution in [0, 0.1) is 0 Å². The second kappa shape index (κ2) is 9.78. The van der Waals surface area contributed by atoms with E-state index >= 15 is 0 Å². The maximum Gasteiger partial charge on any atom is 0.198 e. The zero-order valence-corrected chi connectivity index (χ0v) is 19.3. The summed E-state index contributed by atoms with van der Waals surface area (Å²) in [6, 6.07) is 15.5. The van der Waals surface area contributed by atoms with Crippen LogP contribution < -0.4 is 9.47 Å². The molecule has 0 bridgehead atoms. The molecule has 0 heterocycles. The van der Waals surface area contributed by atoms with Gasteiger partial charge in [0, 0.05) is 5.41 Å². The summed E-state index contributed by atoms with van der Waals surface area (Å²) < 4.78 is 11.5. The van der Waals surface area contributed by atoms with Gasteiger partial charge in [-0.05, 0) is 74.2 Å². The van der Waals surface area contributed by atoms with Gasteiger partial charge in [-0.1, -0.05) is 51.3 Å². The quantitative estimate of drug-likeness (QED) is 0.453. The number of rotatable bonds is 10. The van der Waals surface area contributed by atoms with Crippen molar-refractivity contribution < 1.29 is 19.1 Å². The monoisotopic (exact) mass is 420 g/mol. The Balaban J connectivity index is 2.12. The molecule has 4 nitrogen and oxygen atoms in total. The number of hydrogen-bond donors (Lipinski definition) is 0. The summed E-state index contributed by atoms with van der Waals surface area (Å²) in [6.45, 7) is 18.4. The number of ketones is 2. The Morgan fingerprint density at radius 1 is 0.710 bits per heavy atom. The summed E-state index contributed by atoms with van der Waals surface area (Å²) in [7, 11) is 0. The fourth-order valence-corrected chi connectivity index (χ4v) is 3.28. The maximum absolute atomic E-state index is 12.0. The smallest absolute Gasteiger partial charge is 0.198 e. The van der Waals surface area contributed by atoms with Gasteiger partial charge in [0.15, 0.2) is 23.8 Å². The van der Waals surface area contributed by atoms with Gasteiger partial charge < -0.3 is 9.47 Å². The van der Waals surface area contributed by atoms with E-state index in [1.165, 1.54) is 0 Å². The molecule has 164 valence electrons. The third-order valence-electron chi connectivity index (χ3n) is 5.36. The number of ether oxygens (including phenoxy) is 2. The highest BCUT2D eigenvalue weighted by Gasteiger charge is 2.24. The minimum absolute atomic E-state index is 0.106. The molecule has 0 N–H and O–H groups in total. The van der Waals surface area contributed by atoms with E-state index in [9.17, 15) is 9.59 Å². The zero-order valence-electron chi connectivity index (χ0n) is 19.3. The molecule has 31 heavy (non-hydrogen) atoms. The van der Waals surface area contributed by atoms with Crippen molar-refractivity contribution in [2.24, 2.45) is 0 Å². The molecule has 0 aliphatic carbocycles.